The number of anilines is 3. The lowest BCUT2D eigenvalue weighted by molar-refractivity contribution is 0.619. The summed E-state index contributed by atoms with van der Waals surface area (Å²) in [5, 5.41) is 14.7. The van der Waals surface area contributed by atoms with Crippen LogP contribution in [0.5, 0.6) is 0 Å². The van der Waals surface area contributed by atoms with E-state index in [0.717, 1.165) is 12.6 Å². The number of hydrogen-bond donors (Lipinski definition) is 2. The fourth-order valence-corrected chi connectivity index (χ4v) is 2.07. The van der Waals surface area contributed by atoms with Gasteiger partial charge in [-0.2, -0.15) is 10.2 Å². The van der Waals surface area contributed by atoms with Crippen LogP contribution in [0, 0.1) is 17.1 Å². The highest BCUT2D eigenvalue weighted by molar-refractivity contribution is 9.10. The molecule has 1 aromatic carbocycles. The van der Waals surface area contributed by atoms with Crippen LogP contribution in [0.1, 0.15) is 18.9 Å². The molecule has 0 radical (unpaired) electrons. The first kappa shape index (κ1) is 15.2. The maximum absolute atomic E-state index is 13.8. The zero-order chi connectivity index (χ0) is 15.2. The van der Waals surface area contributed by atoms with Crippen molar-refractivity contribution in [2.24, 2.45) is 0 Å². The van der Waals surface area contributed by atoms with Gasteiger partial charge in [0.2, 0.25) is 5.95 Å². The van der Waals surface area contributed by atoms with Crippen LogP contribution >= 0.6 is 15.9 Å². The number of benzene rings is 1. The second kappa shape index (κ2) is 6.99. The van der Waals surface area contributed by atoms with Gasteiger partial charge >= 0.3 is 0 Å². The van der Waals surface area contributed by atoms with Crippen LogP contribution < -0.4 is 10.6 Å². The van der Waals surface area contributed by atoms with Gasteiger partial charge in [-0.05, 0) is 40.5 Å². The number of rotatable bonds is 5. The second-order valence-electron chi connectivity index (χ2n) is 4.25. The van der Waals surface area contributed by atoms with Crippen LogP contribution in [-0.2, 0) is 0 Å². The fourth-order valence-electron chi connectivity index (χ4n) is 1.59. The molecule has 0 aliphatic carbocycles. The van der Waals surface area contributed by atoms with Gasteiger partial charge in [-0.25, -0.2) is 9.37 Å². The average molecular weight is 350 g/mol. The Labute approximate surface area is 130 Å². The first-order valence-corrected chi connectivity index (χ1v) is 7.16. The molecule has 0 aliphatic heterocycles. The van der Waals surface area contributed by atoms with Crippen LogP contribution in [0.15, 0.2) is 28.9 Å². The largest absolute Gasteiger partial charge is 0.354 e. The highest BCUT2D eigenvalue weighted by atomic mass is 79.9. The lowest BCUT2D eigenvalue weighted by Crippen LogP contribution is -2.07. The van der Waals surface area contributed by atoms with Gasteiger partial charge in [-0.1, -0.05) is 6.92 Å². The predicted molar refractivity (Wildman–Crippen MR) is 82.9 cm³/mol. The maximum atomic E-state index is 13.8. The van der Waals surface area contributed by atoms with Crippen molar-refractivity contribution in [3.8, 4) is 6.07 Å². The monoisotopic (exact) mass is 349 g/mol. The van der Waals surface area contributed by atoms with Gasteiger partial charge in [0.1, 0.15) is 0 Å². The summed E-state index contributed by atoms with van der Waals surface area (Å²) in [5.41, 5.74) is 1.13. The normalized spacial score (nSPS) is 10.0. The molecule has 0 saturated carbocycles. The lowest BCUT2D eigenvalue weighted by atomic mass is 10.2. The van der Waals surface area contributed by atoms with Crippen molar-refractivity contribution in [1.29, 1.82) is 5.26 Å². The Kier molecular flexibility index (Phi) is 5.06. The summed E-state index contributed by atoms with van der Waals surface area (Å²) >= 11 is 3.34. The first-order chi connectivity index (χ1) is 10.1. The number of aromatic nitrogens is 2. The first-order valence-electron chi connectivity index (χ1n) is 6.37. The maximum Gasteiger partial charge on any atom is 0.224 e. The summed E-state index contributed by atoms with van der Waals surface area (Å²) in [5.74, 6) is -0.104. The average Bonchev–Trinajstić information content (AvgIpc) is 2.49. The van der Waals surface area contributed by atoms with Crippen molar-refractivity contribution in [3.63, 3.8) is 0 Å². The summed E-state index contributed by atoms with van der Waals surface area (Å²) in [6, 6.07) is 7.01. The fraction of sp³-hybridized carbons (Fsp3) is 0.214. The molecule has 0 amide bonds. The summed E-state index contributed by atoms with van der Waals surface area (Å²) in [6.07, 6.45) is 2.04. The molecule has 0 unspecified atom stereocenters. The Hall–Kier alpha value is -2.20. The number of hydrogen-bond acceptors (Lipinski definition) is 5. The van der Waals surface area contributed by atoms with Crippen molar-refractivity contribution < 1.29 is 4.39 Å². The standard InChI is InChI=1S/C14H13BrFN5/c1-2-5-18-14-19-8-11(16)13(21-14)20-12-4-3-9(7-17)6-10(12)15/h3-4,6,8H,2,5H2,1H3,(H2,18,19,20,21). The zero-order valence-electron chi connectivity index (χ0n) is 11.3. The predicted octanol–water partition coefficient (Wildman–Crippen LogP) is 3.82. The van der Waals surface area contributed by atoms with Crippen LogP contribution in [0.25, 0.3) is 0 Å². The highest BCUT2D eigenvalue weighted by Crippen LogP contribution is 2.27. The molecule has 2 rings (SSSR count). The van der Waals surface area contributed by atoms with Gasteiger partial charge in [-0.3, -0.25) is 0 Å². The molecule has 2 N–H and O–H groups in total. The van der Waals surface area contributed by atoms with Gasteiger partial charge in [0.25, 0.3) is 0 Å². The van der Waals surface area contributed by atoms with E-state index in [0.29, 0.717) is 28.2 Å². The van der Waals surface area contributed by atoms with Gasteiger partial charge in [0.15, 0.2) is 11.6 Å². The molecule has 0 fully saturated rings. The number of halogens is 2. The Morgan fingerprint density at radius 2 is 2.24 bits per heavy atom. The van der Waals surface area contributed by atoms with E-state index in [1.807, 2.05) is 13.0 Å². The minimum atomic E-state index is -0.548. The van der Waals surface area contributed by atoms with E-state index in [9.17, 15) is 4.39 Å². The van der Waals surface area contributed by atoms with E-state index in [1.165, 1.54) is 0 Å². The molecule has 1 heterocycles. The molecule has 0 atom stereocenters. The van der Waals surface area contributed by atoms with E-state index in [4.69, 9.17) is 5.26 Å². The molecular formula is C14H13BrFN5. The number of nitrogens with zero attached hydrogens (tertiary/aromatic N) is 3. The van der Waals surface area contributed by atoms with Crippen molar-refractivity contribution in [1.82, 2.24) is 9.97 Å². The number of nitriles is 1. The molecule has 108 valence electrons. The minimum Gasteiger partial charge on any atom is -0.354 e. The highest BCUT2D eigenvalue weighted by Gasteiger charge is 2.09. The van der Waals surface area contributed by atoms with Gasteiger partial charge in [-0.15, -0.1) is 0 Å². The Balaban J connectivity index is 2.24. The quantitative estimate of drug-likeness (QED) is 0.858. The summed E-state index contributed by atoms with van der Waals surface area (Å²) in [6.45, 7) is 2.73. The second-order valence-corrected chi connectivity index (χ2v) is 5.10. The van der Waals surface area contributed by atoms with E-state index in [1.54, 1.807) is 18.2 Å². The molecule has 21 heavy (non-hydrogen) atoms. The van der Waals surface area contributed by atoms with Crippen molar-refractivity contribution in [2.75, 3.05) is 17.2 Å². The van der Waals surface area contributed by atoms with Gasteiger partial charge in [0.05, 0.1) is 23.5 Å². The molecule has 0 aliphatic rings. The van der Waals surface area contributed by atoms with E-state index in [2.05, 4.69) is 36.5 Å². The topological polar surface area (TPSA) is 73.6 Å². The molecule has 0 saturated heterocycles. The van der Waals surface area contributed by atoms with Crippen LogP contribution in [-0.4, -0.2) is 16.5 Å². The van der Waals surface area contributed by atoms with Crippen molar-refractivity contribution >= 4 is 33.4 Å². The summed E-state index contributed by atoms with van der Waals surface area (Å²) < 4.78 is 14.4. The lowest BCUT2D eigenvalue weighted by Gasteiger charge is -2.10. The third kappa shape index (κ3) is 3.89. The Bertz CT molecular complexity index is 684. The molecule has 2 aromatic rings. The molecule has 0 spiro atoms. The number of nitrogens with one attached hydrogen (secondary N) is 2. The smallest absolute Gasteiger partial charge is 0.224 e. The third-order valence-electron chi connectivity index (χ3n) is 2.63. The van der Waals surface area contributed by atoms with Crippen LogP contribution in [0.4, 0.5) is 21.8 Å². The SMILES string of the molecule is CCCNc1ncc(F)c(Nc2ccc(C#N)cc2Br)n1. The molecule has 1 aromatic heterocycles. The van der Waals surface area contributed by atoms with Crippen LogP contribution in [0.2, 0.25) is 0 Å². The molecule has 7 heteroatoms. The van der Waals surface area contributed by atoms with Gasteiger partial charge < -0.3 is 10.6 Å². The molecular weight excluding hydrogens is 337 g/mol. The van der Waals surface area contributed by atoms with Crippen molar-refractivity contribution in [2.45, 2.75) is 13.3 Å². The van der Waals surface area contributed by atoms with E-state index < -0.39 is 5.82 Å². The van der Waals surface area contributed by atoms with Crippen molar-refractivity contribution in [3.05, 3.63) is 40.2 Å². The van der Waals surface area contributed by atoms with E-state index >= 15 is 0 Å². The Morgan fingerprint density at radius 3 is 2.90 bits per heavy atom. The van der Waals surface area contributed by atoms with Gasteiger partial charge in [0, 0.05) is 11.0 Å². The van der Waals surface area contributed by atoms with E-state index in [-0.39, 0.29) is 5.82 Å². The molecule has 0 bridgehead atoms. The summed E-state index contributed by atoms with van der Waals surface area (Å²) in [7, 11) is 0. The Morgan fingerprint density at radius 1 is 1.43 bits per heavy atom. The summed E-state index contributed by atoms with van der Waals surface area (Å²) in [4.78, 5) is 7.97. The van der Waals surface area contributed by atoms with Crippen LogP contribution in [0.3, 0.4) is 0 Å². The zero-order valence-corrected chi connectivity index (χ0v) is 12.9. The molecule has 5 nitrogen and oxygen atoms in total. The third-order valence-corrected chi connectivity index (χ3v) is 3.28. The minimum absolute atomic E-state index is 0.0778.